The summed E-state index contributed by atoms with van der Waals surface area (Å²) in [5.41, 5.74) is 0. The van der Waals surface area contributed by atoms with Crippen molar-refractivity contribution in [2.45, 2.75) is 63.5 Å². The molecule has 0 aromatic rings. The van der Waals surface area contributed by atoms with Crippen LogP contribution in [0.2, 0.25) is 0 Å². The van der Waals surface area contributed by atoms with Crippen molar-refractivity contribution < 1.29 is 9.53 Å². The van der Waals surface area contributed by atoms with Gasteiger partial charge in [-0.25, -0.2) is 0 Å². The molecule has 2 rings (SSSR count). The third-order valence-electron chi connectivity index (χ3n) is 4.50. The van der Waals surface area contributed by atoms with Crippen molar-refractivity contribution in [2.24, 2.45) is 5.92 Å². The lowest BCUT2D eigenvalue weighted by Gasteiger charge is -2.24. The molecule has 0 aromatic heterocycles. The molecule has 1 aliphatic heterocycles. The minimum atomic E-state index is 0. The highest BCUT2D eigenvalue weighted by atomic mass is 35.5. The Labute approximate surface area is 128 Å². The molecule has 0 spiro atoms. The number of unbranched alkanes of at least 4 members (excludes halogenated alkanes) is 2. The highest BCUT2D eigenvalue weighted by Gasteiger charge is 2.37. The van der Waals surface area contributed by atoms with Gasteiger partial charge in [-0.15, -0.1) is 12.4 Å². The number of nitrogens with one attached hydrogen (secondary N) is 2. The summed E-state index contributed by atoms with van der Waals surface area (Å²) in [7, 11) is 1.73. The van der Waals surface area contributed by atoms with E-state index in [1.165, 1.54) is 25.7 Å². The second-order valence-electron chi connectivity index (χ2n) is 5.95. The Morgan fingerprint density at radius 3 is 2.80 bits per heavy atom. The summed E-state index contributed by atoms with van der Waals surface area (Å²) >= 11 is 0. The second kappa shape index (κ2) is 9.59. The van der Waals surface area contributed by atoms with Gasteiger partial charge in [-0.2, -0.15) is 0 Å². The van der Waals surface area contributed by atoms with Crippen molar-refractivity contribution in [3.05, 3.63) is 0 Å². The van der Waals surface area contributed by atoms with Gasteiger partial charge >= 0.3 is 0 Å². The SMILES string of the molecule is COCCCCCNC(=O)C1CC2CCCCC2N1.Cl. The first kappa shape index (κ1) is 17.7. The largest absolute Gasteiger partial charge is 0.385 e. The van der Waals surface area contributed by atoms with Crippen molar-refractivity contribution in [3.8, 4) is 0 Å². The fourth-order valence-corrected chi connectivity index (χ4v) is 3.40. The summed E-state index contributed by atoms with van der Waals surface area (Å²) in [6.45, 7) is 1.62. The average Bonchev–Trinajstić information content (AvgIpc) is 2.86. The summed E-state index contributed by atoms with van der Waals surface area (Å²) < 4.78 is 5.01. The van der Waals surface area contributed by atoms with Crippen LogP contribution in [0.5, 0.6) is 0 Å². The van der Waals surface area contributed by atoms with Crippen molar-refractivity contribution in [3.63, 3.8) is 0 Å². The Kier molecular flexibility index (Phi) is 8.50. The monoisotopic (exact) mass is 304 g/mol. The van der Waals surface area contributed by atoms with Crippen molar-refractivity contribution >= 4 is 18.3 Å². The molecule has 4 nitrogen and oxygen atoms in total. The van der Waals surface area contributed by atoms with Gasteiger partial charge in [-0.05, 0) is 44.4 Å². The van der Waals surface area contributed by atoms with Crippen molar-refractivity contribution in [1.82, 2.24) is 10.6 Å². The highest BCUT2D eigenvalue weighted by molar-refractivity contribution is 5.85. The molecule has 0 aromatic carbocycles. The van der Waals surface area contributed by atoms with E-state index in [9.17, 15) is 4.79 Å². The molecule has 2 N–H and O–H groups in total. The molecule has 1 saturated heterocycles. The number of halogens is 1. The molecule has 3 atom stereocenters. The Morgan fingerprint density at radius 1 is 1.25 bits per heavy atom. The molecule has 1 amide bonds. The van der Waals surface area contributed by atoms with Crippen LogP contribution in [0.15, 0.2) is 0 Å². The summed E-state index contributed by atoms with van der Waals surface area (Å²) in [4.78, 5) is 12.1. The van der Waals surface area contributed by atoms with Crippen LogP contribution >= 0.6 is 12.4 Å². The predicted octanol–water partition coefficient (Wildman–Crippen LogP) is 2.26. The van der Waals surface area contributed by atoms with Crippen molar-refractivity contribution in [1.29, 1.82) is 0 Å². The van der Waals surface area contributed by atoms with Crippen LogP contribution < -0.4 is 10.6 Å². The lowest BCUT2D eigenvalue weighted by atomic mass is 9.85. The molecular weight excluding hydrogens is 276 g/mol. The summed E-state index contributed by atoms with van der Waals surface area (Å²) in [5, 5.41) is 6.59. The molecule has 20 heavy (non-hydrogen) atoms. The van der Waals surface area contributed by atoms with E-state index in [0.717, 1.165) is 44.8 Å². The van der Waals surface area contributed by atoms with Gasteiger partial charge in [0.1, 0.15) is 0 Å². The summed E-state index contributed by atoms with van der Waals surface area (Å²) in [6, 6.07) is 0.665. The zero-order valence-electron chi connectivity index (χ0n) is 12.5. The quantitative estimate of drug-likeness (QED) is 0.709. The summed E-state index contributed by atoms with van der Waals surface area (Å²) in [6.07, 6.45) is 9.52. The number of amides is 1. The van der Waals surface area contributed by atoms with Gasteiger partial charge in [0.25, 0.3) is 0 Å². The highest BCUT2D eigenvalue weighted by Crippen LogP contribution is 2.33. The van der Waals surface area contributed by atoms with Crippen LogP contribution in [-0.2, 0) is 9.53 Å². The molecule has 1 saturated carbocycles. The Hall–Kier alpha value is -0.320. The molecule has 0 bridgehead atoms. The maximum Gasteiger partial charge on any atom is 0.237 e. The average molecular weight is 305 g/mol. The second-order valence-corrected chi connectivity index (χ2v) is 5.95. The third kappa shape index (κ3) is 5.23. The lowest BCUT2D eigenvalue weighted by molar-refractivity contribution is -0.122. The van der Waals surface area contributed by atoms with Crippen LogP contribution in [0.25, 0.3) is 0 Å². The number of hydrogen-bond acceptors (Lipinski definition) is 3. The molecule has 2 fully saturated rings. The molecule has 1 heterocycles. The number of carbonyl (C=O) groups excluding carboxylic acids is 1. The molecule has 3 unspecified atom stereocenters. The maximum absolute atomic E-state index is 12.1. The fraction of sp³-hybridized carbons (Fsp3) is 0.933. The summed E-state index contributed by atoms with van der Waals surface area (Å²) in [5.74, 6) is 0.951. The van der Waals surface area contributed by atoms with Crippen LogP contribution in [0.3, 0.4) is 0 Å². The Morgan fingerprint density at radius 2 is 2.05 bits per heavy atom. The number of fused-ring (bicyclic) bond motifs is 1. The first-order valence-corrected chi connectivity index (χ1v) is 7.84. The van der Waals surface area contributed by atoms with E-state index in [4.69, 9.17) is 4.74 Å². The van der Waals surface area contributed by atoms with E-state index >= 15 is 0 Å². The van der Waals surface area contributed by atoms with Crippen molar-refractivity contribution in [2.75, 3.05) is 20.3 Å². The van der Waals surface area contributed by atoms with Gasteiger partial charge in [-0.3, -0.25) is 4.79 Å². The van der Waals surface area contributed by atoms with Gasteiger partial charge < -0.3 is 15.4 Å². The van der Waals surface area contributed by atoms with Gasteiger partial charge in [-0.1, -0.05) is 12.8 Å². The van der Waals surface area contributed by atoms with Crippen LogP contribution in [0, 0.1) is 5.92 Å². The number of ether oxygens (including phenoxy) is 1. The smallest absolute Gasteiger partial charge is 0.237 e. The minimum absolute atomic E-state index is 0. The van der Waals surface area contributed by atoms with Gasteiger partial charge in [0.15, 0.2) is 0 Å². The normalized spacial score (nSPS) is 28.6. The van der Waals surface area contributed by atoms with E-state index in [1.54, 1.807) is 7.11 Å². The molecule has 1 aliphatic carbocycles. The standard InChI is InChI=1S/C15H28N2O2.ClH/c1-19-10-6-2-5-9-16-15(18)14-11-12-7-3-4-8-13(12)17-14;/h12-14,17H,2-11H2,1H3,(H,16,18);1H. The lowest BCUT2D eigenvalue weighted by Crippen LogP contribution is -2.43. The Bertz CT molecular complexity index is 275. The maximum atomic E-state index is 12.1. The zero-order valence-corrected chi connectivity index (χ0v) is 13.3. The van der Waals surface area contributed by atoms with E-state index in [-0.39, 0.29) is 24.4 Å². The molecule has 118 valence electrons. The topological polar surface area (TPSA) is 50.4 Å². The Balaban J connectivity index is 0.00000200. The van der Waals surface area contributed by atoms with E-state index < -0.39 is 0 Å². The molecule has 0 radical (unpaired) electrons. The molecule has 5 heteroatoms. The number of rotatable bonds is 7. The third-order valence-corrected chi connectivity index (χ3v) is 4.50. The van der Waals surface area contributed by atoms with Crippen LogP contribution in [0.1, 0.15) is 51.4 Å². The first-order chi connectivity index (χ1) is 9.31. The van der Waals surface area contributed by atoms with Crippen LogP contribution in [-0.4, -0.2) is 38.3 Å². The molecule has 2 aliphatic rings. The van der Waals surface area contributed by atoms with E-state index in [1.807, 2.05) is 0 Å². The number of hydrogen-bond donors (Lipinski definition) is 2. The molecular formula is C15H29ClN2O2. The van der Waals surface area contributed by atoms with Crippen LogP contribution in [0.4, 0.5) is 0 Å². The minimum Gasteiger partial charge on any atom is -0.385 e. The number of carbonyl (C=O) groups is 1. The number of methoxy groups -OCH3 is 1. The van der Waals surface area contributed by atoms with E-state index in [2.05, 4.69) is 10.6 Å². The van der Waals surface area contributed by atoms with Gasteiger partial charge in [0, 0.05) is 26.3 Å². The van der Waals surface area contributed by atoms with Gasteiger partial charge in [0.2, 0.25) is 5.91 Å². The fourth-order valence-electron chi connectivity index (χ4n) is 3.40. The van der Waals surface area contributed by atoms with E-state index in [0.29, 0.717) is 6.04 Å². The first-order valence-electron chi connectivity index (χ1n) is 7.84. The zero-order chi connectivity index (χ0) is 13.5. The predicted molar refractivity (Wildman–Crippen MR) is 83.3 cm³/mol. The van der Waals surface area contributed by atoms with Gasteiger partial charge in [0.05, 0.1) is 6.04 Å².